The lowest BCUT2D eigenvalue weighted by Crippen LogP contribution is -2.65. The molecule has 2 aromatic heterocycles. The Morgan fingerprint density at radius 1 is 1.21 bits per heavy atom. The van der Waals surface area contributed by atoms with Gasteiger partial charge in [-0.2, -0.15) is 0 Å². The van der Waals surface area contributed by atoms with Gasteiger partial charge in [-0.15, -0.1) is 11.3 Å². The number of fused-ring (bicyclic) bond motifs is 1. The van der Waals surface area contributed by atoms with E-state index in [1.54, 1.807) is 16.6 Å². The number of hydrogen-bond donors (Lipinski definition) is 1. The molecule has 0 unspecified atom stereocenters. The highest BCUT2D eigenvalue weighted by molar-refractivity contribution is 7.16. The van der Waals surface area contributed by atoms with Crippen LogP contribution >= 0.6 is 11.3 Å². The summed E-state index contributed by atoms with van der Waals surface area (Å²) in [4.78, 5) is 24.7. The number of ether oxygens (including phenoxy) is 1. The van der Waals surface area contributed by atoms with Crippen LogP contribution in [0, 0.1) is 5.82 Å². The average Bonchev–Trinajstić information content (AvgIpc) is 3.09. The van der Waals surface area contributed by atoms with Crippen molar-refractivity contribution in [2.24, 2.45) is 0 Å². The van der Waals surface area contributed by atoms with E-state index in [9.17, 15) is 9.18 Å². The predicted octanol–water partition coefficient (Wildman–Crippen LogP) is 2.49. The van der Waals surface area contributed by atoms with E-state index in [-0.39, 0.29) is 24.0 Å². The largest absolute Gasteiger partial charge is 0.484 e. The third-order valence-electron chi connectivity index (χ3n) is 4.98. The van der Waals surface area contributed by atoms with Gasteiger partial charge in [0.05, 0.1) is 29.3 Å². The van der Waals surface area contributed by atoms with Gasteiger partial charge >= 0.3 is 6.03 Å². The highest BCUT2D eigenvalue weighted by Crippen LogP contribution is 2.30. The molecular formula is C19H18FN5O2S. The van der Waals surface area contributed by atoms with Gasteiger partial charge < -0.3 is 19.9 Å². The molecule has 5 rings (SSSR count). The van der Waals surface area contributed by atoms with Crippen molar-refractivity contribution < 1.29 is 13.9 Å². The minimum absolute atomic E-state index is 0.0939. The van der Waals surface area contributed by atoms with Crippen molar-refractivity contribution in [3.63, 3.8) is 0 Å². The fraction of sp³-hybridized carbons (Fsp3) is 0.316. The molecule has 0 aliphatic carbocycles. The van der Waals surface area contributed by atoms with Crippen LogP contribution in [0.3, 0.4) is 0 Å². The summed E-state index contributed by atoms with van der Waals surface area (Å²) in [6.45, 7) is 2.46. The molecule has 144 valence electrons. The van der Waals surface area contributed by atoms with Gasteiger partial charge in [-0.1, -0.05) is 6.07 Å². The molecule has 2 saturated heterocycles. The normalized spacial score (nSPS) is 17.3. The Balaban J connectivity index is 1.10. The van der Waals surface area contributed by atoms with E-state index in [0.717, 1.165) is 23.6 Å². The van der Waals surface area contributed by atoms with Gasteiger partial charge in [0.25, 0.3) is 0 Å². The Hall–Kier alpha value is -2.94. The summed E-state index contributed by atoms with van der Waals surface area (Å²) >= 11 is 1.37. The lowest BCUT2D eigenvalue weighted by Gasteiger charge is -2.43. The number of aromatic nitrogens is 2. The van der Waals surface area contributed by atoms with Crippen LogP contribution in [0.5, 0.6) is 5.75 Å². The maximum atomic E-state index is 13.7. The van der Waals surface area contributed by atoms with Crippen LogP contribution < -0.4 is 15.0 Å². The summed E-state index contributed by atoms with van der Waals surface area (Å²) in [5, 5.41) is 3.03. The lowest BCUT2D eigenvalue weighted by atomic mass is 10.1. The maximum absolute atomic E-state index is 13.7. The van der Waals surface area contributed by atoms with Crippen molar-refractivity contribution in [3.8, 4) is 5.75 Å². The summed E-state index contributed by atoms with van der Waals surface area (Å²) in [5.74, 6) is 1.02. The number of carbonyl (C=O) groups excluding carboxylic acids is 1. The maximum Gasteiger partial charge on any atom is 0.317 e. The number of amides is 2. The third kappa shape index (κ3) is 3.22. The zero-order chi connectivity index (χ0) is 19.1. The van der Waals surface area contributed by atoms with E-state index >= 15 is 0 Å². The van der Waals surface area contributed by atoms with E-state index in [2.05, 4.69) is 20.2 Å². The highest BCUT2D eigenvalue weighted by Gasteiger charge is 2.36. The summed E-state index contributed by atoms with van der Waals surface area (Å²) < 4.78 is 20.3. The molecule has 4 heterocycles. The predicted molar refractivity (Wildman–Crippen MR) is 104 cm³/mol. The zero-order valence-corrected chi connectivity index (χ0v) is 15.7. The first kappa shape index (κ1) is 17.2. The number of carbonyl (C=O) groups is 1. The summed E-state index contributed by atoms with van der Waals surface area (Å²) in [5.41, 5.74) is 2.34. The molecule has 9 heteroatoms. The average molecular weight is 399 g/mol. The molecule has 1 aromatic carbocycles. The Morgan fingerprint density at radius 2 is 2.07 bits per heavy atom. The number of likely N-dealkylation sites (tertiary alicyclic amines) is 1. The molecule has 0 spiro atoms. The number of halogens is 1. The van der Waals surface area contributed by atoms with Crippen LogP contribution in [0.4, 0.5) is 15.0 Å². The molecule has 28 heavy (non-hydrogen) atoms. The van der Waals surface area contributed by atoms with Crippen molar-refractivity contribution in [1.82, 2.24) is 20.2 Å². The molecule has 3 aromatic rings. The van der Waals surface area contributed by atoms with E-state index in [1.807, 2.05) is 18.2 Å². The molecule has 7 nitrogen and oxygen atoms in total. The van der Waals surface area contributed by atoms with Gasteiger partial charge in [-0.3, -0.25) is 0 Å². The van der Waals surface area contributed by atoms with E-state index in [0.29, 0.717) is 24.4 Å². The van der Waals surface area contributed by atoms with E-state index < -0.39 is 0 Å². The van der Waals surface area contributed by atoms with Crippen molar-refractivity contribution in [3.05, 3.63) is 47.9 Å². The Kier molecular flexibility index (Phi) is 4.23. The minimum atomic E-state index is -0.344. The molecule has 0 saturated carbocycles. The van der Waals surface area contributed by atoms with Crippen LogP contribution in [0.2, 0.25) is 0 Å². The van der Waals surface area contributed by atoms with Crippen LogP contribution in [-0.2, 0) is 0 Å². The standard InChI is InChI=1S/C19H18FN5O2S/c20-12-5-15(18-16(6-12)28-11-22-18)27-14-9-25(10-14)19(26)23-13-7-24(8-13)17-3-1-2-4-21-17/h1-6,11,13-14H,7-10H2,(H,23,26). The quantitative estimate of drug-likeness (QED) is 0.730. The van der Waals surface area contributed by atoms with Gasteiger partial charge in [0.15, 0.2) is 0 Å². The monoisotopic (exact) mass is 399 g/mol. The first-order chi connectivity index (χ1) is 13.7. The van der Waals surface area contributed by atoms with E-state index in [1.165, 1.54) is 23.5 Å². The van der Waals surface area contributed by atoms with Crippen molar-refractivity contribution in [2.75, 3.05) is 31.1 Å². The number of rotatable bonds is 4. The topological polar surface area (TPSA) is 70.6 Å². The van der Waals surface area contributed by atoms with Crippen LogP contribution in [0.25, 0.3) is 10.2 Å². The van der Waals surface area contributed by atoms with Gasteiger partial charge in [0.1, 0.15) is 29.0 Å². The molecule has 2 aliphatic rings. The molecular weight excluding hydrogens is 381 g/mol. The Labute approximate surface area is 164 Å². The summed E-state index contributed by atoms with van der Waals surface area (Å²) in [6.07, 6.45) is 1.61. The fourth-order valence-corrected chi connectivity index (χ4v) is 4.13. The number of nitrogens with zero attached hydrogens (tertiary/aromatic N) is 4. The van der Waals surface area contributed by atoms with Gasteiger partial charge in [-0.05, 0) is 18.2 Å². The van der Waals surface area contributed by atoms with Crippen molar-refractivity contribution in [1.29, 1.82) is 0 Å². The zero-order valence-electron chi connectivity index (χ0n) is 14.9. The second kappa shape index (κ2) is 6.90. The molecule has 2 fully saturated rings. The molecule has 2 aliphatic heterocycles. The molecule has 0 radical (unpaired) electrons. The number of thiazole rings is 1. The second-order valence-electron chi connectivity index (χ2n) is 6.99. The van der Waals surface area contributed by atoms with Crippen LogP contribution in [0.15, 0.2) is 42.0 Å². The molecule has 0 bridgehead atoms. The molecule has 2 amide bonds. The van der Waals surface area contributed by atoms with Gasteiger partial charge in [-0.25, -0.2) is 19.2 Å². The summed E-state index contributed by atoms with van der Waals surface area (Å²) in [6, 6.07) is 8.62. The number of nitrogens with one attached hydrogen (secondary N) is 1. The first-order valence-electron chi connectivity index (χ1n) is 9.06. The lowest BCUT2D eigenvalue weighted by molar-refractivity contribution is 0.0438. The third-order valence-corrected chi connectivity index (χ3v) is 5.75. The van der Waals surface area contributed by atoms with Gasteiger partial charge in [0, 0.05) is 25.4 Å². The summed E-state index contributed by atoms with van der Waals surface area (Å²) in [7, 11) is 0. The van der Waals surface area contributed by atoms with Crippen molar-refractivity contribution >= 4 is 33.4 Å². The Bertz CT molecular complexity index is 1000. The number of benzene rings is 1. The number of pyridine rings is 1. The highest BCUT2D eigenvalue weighted by atomic mass is 32.1. The molecule has 1 N–H and O–H groups in total. The number of anilines is 1. The molecule has 0 atom stereocenters. The smallest absolute Gasteiger partial charge is 0.317 e. The van der Waals surface area contributed by atoms with Crippen LogP contribution in [-0.4, -0.2) is 59.2 Å². The van der Waals surface area contributed by atoms with E-state index in [4.69, 9.17) is 4.74 Å². The van der Waals surface area contributed by atoms with Crippen molar-refractivity contribution in [2.45, 2.75) is 12.1 Å². The fourth-order valence-electron chi connectivity index (χ4n) is 3.41. The van der Waals surface area contributed by atoms with Gasteiger partial charge in [0.2, 0.25) is 0 Å². The number of hydrogen-bond acceptors (Lipinski definition) is 6. The number of urea groups is 1. The minimum Gasteiger partial charge on any atom is -0.484 e. The Morgan fingerprint density at radius 3 is 2.86 bits per heavy atom. The SMILES string of the molecule is O=C(NC1CN(c2ccccn2)C1)N1CC(Oc2cc(F)cc3scnc23)C1. The first-order valence-corrected chi connectivity index (χ1v) is 9.94. The van der Waals surface area contributed by atoms with Crippen LogP contribution in [0.1, 0.15) is 0 Å². The second-order valence-corrected chi connectivity index (χ2v) is 7.87.